The molecule has 0 bridgehead atoms. The van der Waals surface area contributed by atoms with E-state index in [1.807, 2.05) is 0 Å². The molecule has 1 aliphatic heterocycles. The van der Waals surface area contributed by atoms with Crippen LogP contribution in [0.5, 0.6) is 5.75 Å². The van der Waals surface area contributed by atoms with Crippen LogP contribution in [0.25, 0.3) is 0 Å². The van der Waals surface area contributed by atoms with E-state index < -0.39 is 22.6 Å². The molecular formula is C24H29F2NO5S2. The van der Waals surface area contributed by atoms with Gasteiger partial charge in [0.1, 0.15) is 17.8 Å². The highest BCUT2D eigenvalue weighted by molar-refractivity contribution is 8.22. The van der Waals surface area contributed by atoms with E-state index in [1.54, 1.807) is 35.8 Å². The normalized spacial score (nSPS) is 21.4. The molecule has 6 nitrogen and oxygen atoms in total. The maximum atomic E-state index is 13.7. The molecule has 0 saturated carbocycles. The molecule has 1 aliphatic rings. The Morgan fingerprint density at radius 2 is 1.97 bits per heavy atom. The third-order valence-electron chi connectivity index (χ3n) is 6.05. The van der Waals surface area contributed by atoms with E-state index in [0.717, 1.165) is 24.8 Å². The number of unbranched alkanes of at least 4 members (excludes halogenated alkanes) is 1. The van der Waals surface area contributed by atoms with E-state index >= 15 is 0 Å². The molecule has 2 atom stereocenters. The van der Waals surface area contributed by atoms with Gasteiger partial charge in [-0.1, -0.05) is 31.9 Å². The lowest BCUT2D eigenvalue weighted by atomic mass is 9.84. The predicted octanol–water partition coefficient (Wildman–Crippen LogP) is 6.87. The number of benzene rings is 2. The van der Waals surface area contributed by atoms with Gasteiger partial charge in [0.2, 0.25) is 5.83 Å². The Morgan fingerprint density at radius 3 is 2.56 bits per heavy atom. The summed E-state index contributed by atoms with van der Waals surface area (Å²) in [6, 6.07) is 9.22. The summed E-state index contributed by atoms with van der Waals surface area (Å²) in [5.74, 6) is -3.74. The van der Waals surface area contributed by atoms with Gasteiger partial charge in [-0.3, -0.25) is 9.11 Å². The van der Waals surface area contributed by atoms with Crippen LogP contribution in [-0.4, -0.2) is 43.8 Å². The smallest absolute Gasteiger partial charge is 0.368 e. The van der Waals surface area contributed by atoms with Crippen molar-refractivity contribution in [3.63, 3.8) is 0 Å². The van der Waals surface area contributed by atoms with Gasteiger partial charge < -0.3 is 9.84 Å². The number of hydrogen-bond acceptors (Lipinski definition) is 6. The molecule has 0 fully saturated rings. The molecule has 1 heterocycles. The Morgan fingerprint density at radius 1 is 1.29 bits per heavy atom. The van der Waals surface area contributed by atoms with Crippen LogP contribution in [0.15, 0.2) is 58.3 Å². The Balaban J connectivity index is 2.20. The topological polar surface area (TPSA) is 90.2 Å². The zero-order valence-electron chi connectivity index (χ0n) is 19.2. The number of carboxylic acids is 1. The first kappa shape index (κ1) is 26.5. The van der Waals surface area contributed by atoms with Crippen LogP contribution in [0.3, 0.4) is 0 Å². The molecule has 3 N–H and O–H groups in total. The van der Waals surface area contributed by atoms with Crippen molar-refractivity contribution in [3.8, 4) is 5.75 Å². The van der Waals surface area contributed by atoms with Crippen molar-refractivity contribution in [2.45, 2.75) is 54.4 Å². The first-order chi connectivity index (χ1) is 16.1. The number of fused-ring (bicyclic) bond motifs is 1. The highest BCUT2D eigenvalue weighted by atomic mass is 32.3. The third-order valence-corrected chi connectivity index (χ3v) is 8.85. The lowest BCUT2D eigenvalue weighted by molar-refractivity contribution is -0.134. The number of aliphatic carboxylic acids is 1. The fourth-order valence-corrected chi connectivity index (χ4v) is 6.40. The molecule has 34 heavy (non-hydrogen) atoms. The lowest BCUT2D eigenvalue weighted by Gasteiger charge is -2.43. The summed E-state index contributed by atoms with van der Waals surface area (Å²) in [6.45, 7) is 2.07. The molecular weight excluding hydrogens is 484 g/mol. The number of nitrogens with zero attached hydrogens (tertiary/aromatic N) is 1. The van der Waals surface area contributed by atoms with Crippen LogP contribution >= 0.6 is 22.5 Å². The van der Waals surface area contributed by atoms with Crippen molar-refractivity contribution >= 4 is 28.5 Å². The average molecular weight is 514 g/mol. The molecule has 0 radical (unpaired) electrons. The second kappa shape index (κ2) is 11.1. The first-order valence-electron chi connectivity index (χ1n) is 10.8. The Bertz CT molecular complexity index is 1060. The van der Waals surface area contributed by atoms with Crippen LogP contribution in [0.1, 0.15) is 49.7 Å². The quantitative estimate of drug-likeness (QED) is 0.202. The van der Waals surface area contributed by atoms with Gasteiger partial charge in [-0.25, -0.2) is 13.5 Å². The summed E-state index contributed by atoms with van der Waals surface area (Å²) in [7, 11) is -1.78. The van der Waals surface area contributed by atoms with E-state index in [9.17, 15) is 22.7 Å². The van der Waals surface area contributed by atoms with Gasteiger partial charge in [0, 0.05) is 25.1 Å². The molecule has 0 spiro atoms. The Labute approximate surface area is 204 Å². The van der Waals surface area contributed by atoms with Crippen LogP contribution in [0.4, 0.5) is 8.78 Å². The SMILES string of the molecule is CCCCC1CC(c2ccc(F)cc2)c2cc(SC)c(O/C=C(\F)C(=O)O)cc2S(O)(O)N1C. The van der Waals surface area contributed by atoms with Gasteiger partial charge in [0.05, 0.1) is 9.79 Å². The Hall–Kier alpha value is -2.11. The third kappa shape index (κ3) is 5.58. The first-order valence-corrected chi connectivity index (χ1v) is 13.6. The standard InChI is InChI=1S/C24H29F2NO5S2/c1-4-5-6-17-11-18(15-7-9-16(25)10-8-15)19-12-22(33-3)21(32-14-20(26)24(28)29)13-23(19)34(30,31)27(17)2/h7-10,12-14,17-18,30-31H,4-6,11H2,1-3H3,(H,28,29)/b20-14-. The molecule has 2 aromatic rings. The minimum Gasteiger partial charge on any atom is -0.476 e. The van der Waals surface area contributed by atoms with Crippen LogP contribution in [0.2, 0.25) is 0 Å². The number of halogens is 2. The summed E-state index contributed by atoms with van der Waals surface area (Å²) < 4.78 is 56.8. The lowest BCUT2D eigenvalue weighted by Crippen LogP contribution is -2.33. The predicted molar refractivity (Wildman–Crippen MR) is 131 cm³/mol. The van der Waals surface area contributed by atoms with Crippen molar-refractivity contribution in [2.24, 2.45) is 0 Å². The van der Waals surface area contributed by atoms with Gasteiger partial charge in [-0.2, -0.15) is 4.39 Å². The van der Waals surface area contributed by atoms with E-state index in [1.165, 1.54) is 30.0 Å². The zero-order chi connectivity index (χ0) is 25.0. The molecule has 0 aliphatic carbocycles. The molecule has 0 amide bonds. The van der Waals surface area contributed by atoms with Crippen molar-refractivity contribution in [3.05, 3.63) is 65.4 Å². The number of thioether (sulfide) groups is 1. The van der Waals surface area contributed by atoms with E-state index in [2.05, 4.69) is 6.92 Å². The van der Waals surface area contributed by atoms with Gasteiger partial charge >= 0.3 is 5.97 Å². The summed E-state index contributed by atoms with van der Waals surface area (Å²) in [5, 5.41) is 8.78. The molecule has 3 rings (SSSR count). The number of hydrogen-bond donors (Lipinski definition) is 3. The van der Waals surface area contributed by atoms with Crippen molar-refractivity contribution in [1.29, 1.82) is 0 Å². The molecule has 10 heteroatoms. The number of carboxylic acid groups (broad SMARTS) is 1. The number of ether oxygens (including phenoxy) is 1. The zero-order valence-corrected chi connectivity index (χ0v) is 20.8. The number of rotatable bonds is 8. The van der Waals surface area contributed by atoms with Gasteiger partial charge in [0.15, 0.2) is 0 Å². The van der Waals surface area contributed by atoms with Gasteiger partial charge in [-0.15, -0.1) is 22.5 Å². The summed E-state index contributed by atoms with van der Waals surface area (Å²) in [4.78, 5) is 11.6. The molecule has 186 valence electrons. The average Bonchev–Trinajstić information content (AvgIpc) is 2.89. The Kier molecular flexibility index (Phi) is 8.64. The summed E-state index contributed by atoms with van der Waals surface area (Å²) >= 11 is 1.30. The second-order valence-electron chi connectivity index (χ2n) is 8.13. The van der Waals surface area contributed by atoms with E-state index in [4.69, 9.17) is 9.84 Å². The molecule has 2 unspecified atom stereocenters. The van der Waals surface area contributed by atoms with Crippen LogP contribution in [0, 0.1) is 5.82 Å². The summed E-state index contributed by atoms with van der Waals surface area (Å²) in [5.41, 5.74) is 1.50. The van der Waals surface area contributed by atoms with Crippen LogP contribution < -0.4 is 4.74 Å². The van der Waals surface area contributed by atoms with E-state index in [-0.39, 0.29) is 28.4 Å². The highest BCUT2D eigenvalue weighted by Crippen LogP contribution is 2.60. The minimum atomic E-state index is -3.45. The van der Waals surface area contributed by atoms with Gasteiger partial charge in [0.25, 0.3) is 0 Å². The highest BCUT2D eigenvalue weighted by Gasteiger charge is 2.39. The van der Waals surface area contributed by atoms with Crippen molar-refractivity contribution < 1.29 is 32.5 Å². The monoisotopic (exact) mass is 513 g/mol. The minimum absolute atomic E-state index is 0.112. The fraction of sp³-hybridized carbons (Fsp3) is 0.375. The maximum absolute atomic E-state index is 13.7. The van der Waals surface area contributed by atoms with E-state index in [0.29, 0.717) is 23.1 Å². The summed E-state index contributed by atoms with van der Waals surface area (Å²) in [6.07, 6.45) is 5.46. The number of carbonyl (C=O) groups is 1. The molecule has 2 aromatic carbocycles. The fourth-order valence-electron chi connectivity index (χ4n) is 4.14. The molecule has 0 saturated heterocycles. The largest absolute Gasteiger partial charge is 0.476 e. The molecule has 0 aromatic heterocycles. The van der Waals surface area contributed by atoms with Gasteiger partial charge in [-0.05, 0) is 48.4 Å². The van der Waals surface area contributed by atoms with Crippen molar-refractivity contribution in [1.82, 2.24) is 4.31 Å². The van der Waals surface area contributed by atoms with Crippen molar-refractivity contribution in [2.75, 3.05) is 13.3 Å². The van der Waals surface area contributed by atoms with Crippen LogP contribution in [-0.2, 0) is 4.79 Å². The maximum Gasteiger partial charge on any atom is 0.368 e. The second-order valence-corrected chi connectivity index (χ2v) is 11.0.